The number of carbonyl (C=O) groups is 1. The molecular formula is C15H15ClN2O3. The third-order valence-corrected chi connectivity index (χ3v) is 3.21. The Morgan fingerprint density at radius 3 is 2.67 bits per heavy atom. The number of nitrogen functional groups attached to an aromatic ring is 1. The fourth-order valence-corrected chi connectivity index (χ4v) is 2.02. The van der Waals surface area contributed by atoms with Gasteiger partial charge in [0.2, 0.25) is 0 Å². The lowest BCUT2D eigenvalue weighted by molar-refractivity contribution is 0.0953. The summed E-state index contributed by atoms with van der Waals surface area (Å²) in [5, 5.41) is 0.521. The van der Waals surface area contributed by atoms with E-state index in [1.165, 1.54) is 0 Å². The first-order valence-electron chi connectivity index (χ1n) is 6.21. The molecule has 1 amide bonds. The standard InChI is InChI=1S/C15H15ClN2O3/c1-20-13-7-6-10(15(19)18-17)8-11(13)9-21-14-5-3-2-4-12(14)16/h2-8H,9,17H2,1H3,(H,18,19). The fourth-order valence-electron chi connectivity index (χ4n) is 1.83. The van der Waals surface area contributed by atoms with Gasteiger partial charge < -0.3 is 9.47 Å². The number of hydrogen-bond acceptors (Lipinski definition) is 4. The van der Waals surface area contributed by atoms with Crippen molar-refractivity contribution in [1.29, 1.82) is 0 Å². The molecule has 6 heteroatoms. The number of ether oxygens (including phenoxy) is 2. The summed E-state index contributed by atoms with van der Waals surface area (Å²) in [5.41, 5.74) is 3.23. The largest absolute Gasteiger partial charge is 0.496 e. The van der Waals surface area contributed by atoms with Crippen LogP contribution in [0.5, 0.6) is 11.5 Å². The van der Waals surface area contributed by atoms with Crippen molar-refractivity contribution < 1.29 is 14.3 Å². The topological polar surface area (TPSA) is 73.6 Å². The monoisotopic (exact) mass is 306 g/mol. The quantitative estimate of drug-likeness (QED) is 0.506. The maximum atomic E-state index is 11.6. The van der Waals surface area contributed by atoms with E-state index in [1.54, 1.807) is 37.4 Å². The normalized spacial score (nSPS) is 10.0. The maximum Gasteiger partial charge on any atom is 0.265 e. The number of hydrogen-bond donors (Lipinski definition) is 2. The number of rotatable bonds is 5. The first-order valence-corrected chi connectivity index (χ1v) is 6.58. The lowest BCUT2D eigenvalue weighted by Gasteiger charge is -2.12. The van der Waals surface area contributed by atoms with Gasteiger partial charge in [-0.2, -0.15) is 0 Å². The minimum atomic E-state index is -0.378. The van der Waals surface area contributed by atoms with E-state index in [1.807, 2.05) is 12.1 Å². The first kappa shape index (κ1) is 15.2. The molecule has 0 bridgehead atoms. The Morgan fingerprint density at radius 2 is 2.00 bits per heavy atom. The molecule has 0 atom stereocenters. The van der Waals surface area contributed by atoms with Crippen LogP contribution in [0, 0.1) is 0 Å². The maximum absolute atomic E-state index is 11.6. The van der Waals surface area contributed by atoms with Crippen LogP contribution in [-0.2, 0) is 6.61 Å². The molecule has 3 N–H and O–H groups in total. The smallest absolute Gasteiger partial charge is 0.265 e. The first-order chi connectivity index (χ1) is 10.2. The predicted molar refractivity (Wildman–Crippen MR) is 80.4 cm³/mol. The molecule has 21 heavy (non-hydrogen) atoms. The third kappa shape index (κ3) is 3.65. The molecule has 0 aliphatic heterocycles. The Balaban J connectivity index is 2.21. The van der Waals surface area contributed by atoms with Crippen molar-refractivity contribution in [3.63, 3.8) is 0 Å². The van der Waals surface area contributed by atoms with E-state index >= 15 is 0 Å². The Kier molecular flexibility index (Phi) is 5.03. The zero-order valence-corrected chi connectivity index (χ0v) is 12.2. The number of nitrogens with one attached hydrogen (secondary N) is 1. The summed E-state index contributed by atoms with van der Waals surface area (Å²) < 4.78 is 10.9. The molecule has 0 aliphatic carbocycles. The second-order valence-electron chi connectivity index (χ2n) is 4.22. The number of amides is 1. The summed E-state index contributed by atoms with van der Waals surface area (Å²) in [6, 6.07) is 12.1. The molecule has 5 nitrogen and oxygen atoms in total. The van der Waals surface area contributed by atoms with Gasteiger partial charge >= 0.3 is 0 Å². The lowest BCUT2D eigenvalue weighted by Crippen LogP contribution is -2.30. The van der Waals surface area contributed by atoms with Gasteiger partial charge in [-0.25, -0.2) is 5.84 Å². The summed E-state index contributed by atoms with van der Waals surface area (Å²) in [6.45, 7) is 0.221. The van der Waals surface area contributed by atoms with Crippen molar-refractivity contribution in [1.82, 2.24) is 5.43 Å². The predicted octanol–water partition coefficient (Wildman–Crippen LogP) is 2.53. The van der Waals surface area contributed by atoms with Gasteiger partial charge in [0.1, 0.15) is 18.1 Å². The summed E-state index contributed by atoms with van der Waals surface area (Å²) in [7, 11) is 1.55. The van der Waals surface area contributed by atoms with Crippen LogP contribution < -0.4 is 20.7 Å². The molecule has 0 heterocycles. The van der Waals surface area contributed by atoms with E-state index in [0.717, 1.165) is 5.56 Å². The molecule has 0 unspecified atom stereocenters. The van der Waals surface area contributed by atoms with Crippen LogP contribution in [0.25, 0.3) is 0 Å². The highest BCUT2D eigenvalue weighted by Crippen LogP contribution is 2.26. The number of hydrazine groups is 1. The van der Waals surface area contributed by atoms with Crippen LogP contribution in [0.1, 0.15) is 15.9 Å². The zero-order chi connectivity index (χ0) is 15.2. The molecule has 0 spiro atoms. The number of halogens is 1. The molecule has 0 saturated heterocycles. The SMILES string of the molecule is COc1ccc(C(=O)NN)cc1COc1ccccc1Cl. The van der Waals surface area contributed by atoms with Gasteiger partial charge in [-0.3, -0.25) is 10.2 Å². The van der Waals surface area contributed by atoms with E-state index in [0.29, 0.717) is 22.1 Å². The van der Waals surface area contributed by atoms with Crippen molar-refractivity contribution >= 4 is 17.5 Å². The summed E-state index contributed by atoms with van der Waals surface area (Å²) in [4.78, 5) is 11.6. The third-order valence-electron chi connectivity index (χ3n) is 2.89. The minimum Gasteiger partial charge on any atom is -0.496 e. The molecular weight excluding hydrogens is 292 g/mol. The van der Waals surface area contributed by atoms with E-state index in [-0.39, 0.29) is 12.5 Å². The summed E-state index contributed by atoms with van der Waals surface area (Å²) in [6.07, 6.45) is 0. The molecule has 2 aromatic carbocycles. The van der Waals surface area contributed by atoms with Gasteiger partial charge in [0.25, 0.3) is 5.91 Å². The molecule has 0 fully saturated rings. The van der Waals surface area contributed by atoms with Gasteiger partial charge in [-0.1, -0.05) is 23.7 Å². The lowest BCUT2D eigenvalue weighted by atomic mass is 10.1. The molecule has 2 aromatic rings. The second-order valence-corrected chi connectivity index (χ2v) is 4.63. The molecule has 0 saturated carbocycles. The van der Waals surface area contributed by atoms with Crippen molar-refractivity contribution in [2.24, 2.45) is 5.84 Å². The van der Waals surface area contributed by atoms with Crippen LogP contribution in [0.4, 0.5) is 0 Å². The van der Waals surface area contributed by atoms with Crippen molar-refractivity contribution in [2.45, 2.75) is 6.61 Å². The van der Waals surface area contributed by atoms with Gasteiger partial charge in [0.15, 0.2) is 0 Å². The van der Waals surface area contributed by atoms with E-state index < -0.39 is 0 Å². The van der Waals surface area contributed by atoms with Crippen molar-refractivity contribution in [3.8, 4) is 11.5 Å². The minimum absolute atomic E-state index is 0.221. The highest BCUT2D eigenvalue weighted by Gasteiger charge is 2.10. The Morgan fingerprint density at radius 1 is 1.24 bits per heavy atom. The zero-order valence-electron chi connectivity index (χ0n) is 11.4. The van der Waals surface area contributed by atoms with Crippen LogP contribution in [0.3, 0.4) is 0 Å². The Hall–Kier alpha value is -2.24. The molecule has 2 rings (SSSR count). The Labute approximate surface area is 127 Å². The van der Waals surface area contributed by atoms with Gasteiger partial charge in [-0.15, -0.1) is 0 Å². The fraction of sp³-hybridized carbons (Fsp3) is 0.133. The van der Waals surface area contributed by atoms with Crippen LogP contribution in [0.2, 0.25) is 5.02 Å². The van der Waals surface area contributed by atoms with Gasteiger partial charge in [-0.05, 0) is 30.3 Å². The average Bonchev–Trinajstić information content (AvgIpc) is 2.53. The number of methoxy groups -OCH3 is 1. The highest BCUT2D eigenvalue weighted by molar-refractivity contribution is 6.32. The number of nitrogens with two attached hydrogens (primary N) is 1. The number of para-hydroxylation sites is 1. The van der Waals surface area contributed by atoms with Gasteiger partial charge in [0.05, 0.1) is 12.1 Å². The van der Waals surface area contributed by atoms with Crippen LogP contribution in [0.15, 0.2) is 42.5 Å². The molecule has 110 valence electrons. The summed E-state index contributed by atoms with van der Waals surface area (Å²) >= 11 is 6.03. The second kappa shape index (κ2) is 6.97. The molecule has 0 aromatic heterocycles. The highest BCUT2D eigenvalue weighted by atomic mass is 35.5. The molecule has 0 aliphatic rings. The van der Waals surface area contributed by atoms with Crippen molar-refractivity contribution in [2.75, 3.05) is 7.11 Å². The van der Waals surface area contributed by atoms with Crippen molar-refractivity contribution in [3.05, 3.63) is 58.6 Å². The summed E-state index contributed by atoms with van der Waals surface area (Å²) in [5.74, 6) is 5.94. The molecule has 0 radical (unpaired) electrons. The number of carbonyl (C=O) groups excluding carboxylic acids is 1. The van der Waals surface area contributed by atoms with Crippen LogP contribution >= 0.6 is 11.6 Å². The van der Waals surface area contributed by atoms with E-state index in [9.17, 15) is 4.79 Å². The number of benzene rings is 2. The van der Waals surface area contributed by atoms with E-state index in [2.05, 4.69) is 5.43 Å². The average molecular weight is 307 g/mol. The van der Waals surface area contributed by atoms with E-state index in [4.69, 9.17) is 26.9 Å². The Bertz CT molecular complexity index is 647. The van der Waals surface area contributed by atoms with Crippen LogP contribution in [-0.4, -0.2) is 13.0 Å². The van der Waals surface area contributed by atoms with Gasteiger partial charge in [0, 0.05) is 11.1 Å².